The molecule has 3 aromatic rings. The van der Waals surface area contributed by atoms with Crippen LogP contribution in [0.4, 0.5) is 5.82 Å². The summed E-state index contributed by atoms with van der Waals surface area (Å²) in [5.74, 6) is 2.37. The van der Waals surface area contributed by atoms with Crippen LogP contribution in [-0.2, 0) is 7.05 Å². The van der Waals surface area contributed by atoms with Crippen molar-refractivity contribution < 1.29 is 9.47 Å². The molecule has 0 atom stereocenters. The van der Waals surface area contributed by atoms with Gasteiger partial charge in [-0.15, -0.1) is 0 Å². The highest BCUT2D eigenvalue weighted by Crippen LogP contribution is 2.18. The second-order valence-corrected chi connectivity index (χ2v) is 4.68. The van der Waals surface area contributed by atoms with Crippen LogP contribution >= 0.6 is 0 Å². The van der Waals surface area contributed by atoms with E-state index >= 15 is 0 Å². The number of benzene rings is 1. The molecular formula is C15H17N5O2. The number of ether oxygens (including phenoxy) is 2. The van der Waals surface area contributed by atoms with E-state index < -0.39 is 0 Å². The third kappa shape index (κ3) is 2.93. The number of rotatable bonds is 6. The van der Waals surface area contributed by atoms with Crippen molar-refractivity contribution in [3.63, 3.8) is 0 Å². The van der Waals surface area contributed by atoms with Gasteiger partial charge in [0.15, 0.2) is 5.65 Å². The quantitative estimate of drug-likeness (QED) is 0.700. The van der Waals surface area contributed by atoms with Gasteiger partial charge in [-0.1, -0.05) is 0 Å². The third-order valence-corrected chi connectivity index (χ3v) is 3.25. The predicted octanol–water partition coefficient (Wildman–Crippen LogP) is 1.86. The van der Waals surface area contributed by atoms with Crippen molar-refractivity contribution >= 4 is 16.9 Å². The van der Waals surface area contributed by atoms with E-state index in [1.54, 1.807) is 18.0 Å². The zero-order valence-electron chi connectivity index (χ0n) is 12.5. The molecule has 22 heavy (non-hydrogen) atoms. The summed E-state index contributed by atoms with van der Waals surface area (Å²) in [6.07, 6.45) is 3.28. The Hall–Kier alpha value is -2.83. The van der Waals surface area contributed by atoms with Crippen LogP contribution in [-0.4, -0.2) is 40.0 Å². The largest absolute Gasteiger partial charge is 0.497 e. The number of aryl methyl sites for hydroxylation is 1. The van der Waals surface area contributed by atoms with Gasteiger partial charge in [0.2, 0.25) is 0 Å². The van der Waals surface area contributed by atoms with Crippen LogP contribution in [0.3, 0.4) is 0 Å². The van der Waals surface area contributed by atoms with Gasteiger partial charge in [0.25, 0.3) is 0 Å². The molecule has 0 aliphatic rings. The molecule has 0 radical (unpaired) electrons. The Labute approximate surface area is 127 Å². The summed E-state index contributed by atoms with van der Waals surface area (Å²) in [7, 11) is 3.49. The average molecular weight is 299 g/mol. The van der Waals surface area contributed by atoms with Gasteiger partial charge < -0.3 is 14.8 Å². The molecule has 0 saturated heterocycles. The summed E-state index contributed by atoms with van der Waals surface area (Å²) in [5.41, 5.74) is 0.800. The van der Waals surface area contributed by atoms with Crippen molar-refractivity contribution in [2.45, 2.75) is 0 Å². The standard InChI is InChI=1S/C15H17N5O2/c1-20-15-13(9-19-20)14(17-10-18-15)16-7-8-22-12-5-3-11(21-2)4-6-12/h3-6,9-10H,7-8H2,1-2H3,(H,16,17,18). The van der Waals surface area contributed by atoms with Gasteiger partial charge in [-0.05, 0) is 24.3 Å². The molecule has 1 aromatic carbocycles. The average Bonchev–Trinajstić information content (AvgIpc) is 2.94. The maximum Gasteiger partial charge on any atom is 0.163 e. The van der Waals surface area contributed by atoms with Crippen LogP contribution in [0.1, 0.15) is 0 Å². The molecule has 2 heterocycles. The predicted molar refractivity (Wildman–Crippen MR) is 83.3 cm³/mol. The summed E-state index contributed by atoms with van der Waals surface area (Å²) in [4.78, 5) is 8.44. The number of anilines is 1. The lowest BCUT2D eigenvalue weighted by molar-refractivity contribution is 0.331. The zero-order chi connectivity index (χ0) is 15.4. The zero-order valence-corrected chi connectivity index (χ0v) is 12.5. The van der Waals surface area contributed by atoms with Crippen molar-refractivity contribution in [3.05, 3.63) is 36.8 Å². The molecule has 0 saturated carbocycles. The van der Waals surface area contributed by atoms with Crippen molar-refractivity contribution in [2.75, 3.05) is 25.6 Å². The summed E-state index contributed by atoms with van der Waals surface area (Å²) in [6.45, 7) is 1.16. The second-order valence-electron chi connectivity index (χ2n) is 4.68. The minimum Gasteiger partial charge on any atom is -0.497 e. The molecule has 0 fully saturated rings. The normalized spacial score (nSPS) is 10.6. The van der Waals surface area contributed by atoms with Crippen molar-refractivity contribution in [2.24, 2.45) is 7.05 Å². The number of hydrogen-bond donors (Lipinski definition) is 1. The van der Waals surface area contributed by atoms with Gasteiger partial charge in [-0.3, -0.25) is 4.68 Å². The van der Waals surface area contributed by atoms with Gasteiger partial charge in [0.05, 0.1) is 25.2 Å². The fourth-order valence-electron chi connectivity index (χ4n) is 2.11. The molecule has 114 valence electrons. The number of methoxy groups -OCH3 is 1. The van der Waals surface area contributed by atoms with Crippen LogP contribution < -0.4 is 14.8 Å². The molecule has 3 rings (SSSR count). The number of hydrogen-bond acceptors (Lipinski definition) is 6. The van der Waals surface area contributed by atoms with E-state index in [1.165, 1.54) is 6.33 Å². The number of nitrogens with one attached hydrogen (secondary N) is 1. The fraction of sp³-hybridized carbons (Fsp3) is 0.267. The molecule has 0 unspecified atom stereocenters. The Balaban J connectivity index is 1.56. The molecule has 7 heteroatoms. The first-order valence-corrected chi connectivity index (χ1v) is 6.91. The van der Waals surface area contributed by atoms with Crippen LogP contribution in [0.25, 0.3) is 11.0 Å². The molecule has 1 N–H and O–H groups in total. The van der Waals surface area contributed by atoms with E-state index in [2.05, 4.69) is 20.4 Å². The van der Waals surface area contributed by atoms with E-state index in [-0.39, 0.29) is 0 Å². The summed E-state index contributed by atoms with van der Waals surface area (Å²) in [5, 5.41) is 8.32. The molecule has 0 bridgehead atoms. The Kier molecular flexibility index (Phi) is 4.04. The molecule has 2 aromatic heterocycles. The first-order chi connectivity index (χ1) is 10.8. The highest BCUT2D eigenvalue weighted by Gasteiger charge is 2.06. The smallest absolute Gasteiger partial charge is 0.163 e. The highest BCUT2D eigenvalue weighted by molar-refractivity contribution is 5.85. The van der Waals surface area contributed by atoms with E-state index in [9.17, 15) is 0 Å². The lowest BCUT2D eigenvalue weighted by Crippen LogP contribution is -2.12. The van der Waals surface area contributed by atoms with Crippen molar-refractivity contribution in [1.29, 1.82) is 0 Å². The van der Waals surface area contributed by atoms with Gasteiger partial charge >= 0.3 is 0 Å². The monoisotopic (exact) mass is 299 g/mol. The van der Waals surface area contributed by atoms with Gasteiger partial charge in [0.1, 0.15) is 30.3 Å². The Morgan fingerprint density at radius 2 is 1.91 bits per heavy atom. The SMILES string of the molecule is COc1ccc(OCCNc2ncnc3c2cnn3C)cc1. The van der Waals surface area contributed by atoms with Gasteiger partial charge in [0, 0.05) is 7.05 Å². The van der Waals surface area contributed by atoms with Gasteiger partial charge in [-0.2, -0.15) is 5.10 Å². The third-order valence-electron chi connectivity index (χ3n) is 3.25. The minimum absolute atomic E-state index is 0.526. The Morgan fingerprint density at radius 3 is 2.68 bits per heavy atom. The van der Waals surface area contributed by atoms with E-state index in [4.69, 9.17) is 9.47 Å². The summed E-state index contributed by atoms with van der Waals surface area (Å²) >= 11 is 0. The maximum absolute atomic E-state index is 5.66. The summed E-state index contributed by atoms with van der Waals surface area (Å²) in [6, 6.07) is 7.49. The van der Waals surface area contributed by atoms with Gasteiger partial charge in [-0.25, -0.2) is 9.97 Å². The molecule has 0 amide bonds. The Morgan fingerprint density at radius 1 is 1.14 bits per heavy atom. The van der Waals surface area contributed by atoms with Crippen molar-refractivity contribution in [3.8, 4) is 11.5 Å². The fourth-order valence-corrected chi connectivity index (χ4v) is 2.11. The van der Waals surface area contributed by atoms with E-state index in [1.807, 2.05) is 31.3 Å². The first kappa shape index (κ1) is 14.1. The van der Waals surface area contributed by atoms with Crippen LogP contribution in [0.5, 0.6) is 11.5 Å². The second kappa shape index (κ2) is 6.30. The minimum atomic E-state index is 0.526. The van der Waals surface area contributed by atoms with Crippen LogP contribution in [0.2, 0.25) is 0 Å². The molecule has 7 nitrogen and oxygen atoms in total. The first-order valence-electron chi connectivity index (χ1n) is 6.91. The van der Waals surface area contributed by atoms with E-state index in [0.29, 0.717) is 13.2 Å². The van der Waals surface area contributed by atoms with Crippen LogP contribution in [0.15, 0.2) is 36.8 Å². The number of nitrogens with zero attached hydrogens (tertiary/aromatic N) is 4. The highest BCUT2D eigenvalue weighted by atomic mass is 16.5. The number of aromatic nitrogens is 4. The summed E-state index contributed by atoms with van der Waals surface area (Å²) < 4.78 is 12.5. The van der Waals surface area contributed by atoms with Crippen LogP contribution in [0, 0.1) is 0 Å². The molecule has 0 aliphatic carbocycles. The topological polar surface area (TPSA) is 74.1 Å². The molecule has 0 spiro atoms. The lowest BCUT2D eigenvalue weighted by Gasteiger charge is -2.09. The maximum atomic E-state index is 5.66. The number of fused-ring (bicyclic) bond motifs is 1. The molecule has 0 aliphatic heterocycles. The lowest BCUT2D eigenvalue weighted by atomic mass is 10.3. The Bertz CT molecular complexity index is 754. The molecular weight excluding hydrogens is 282 g/mol. The van der Waals surface area contributed by atoms with E-state index in [0.717, 1.165) is 28.4 Å². The van der Waals surface area contributed by atoms with Crippen molar-refractivity contribution in [1.82, 2.24) is 19.7 Å².